The maximum absolute atomic E-state index is 12.2. The summed E-state index contributed by atoms with van der Waals surface area (Å²) >= 11 is 1.60. The number of ether oxygens (including phenoxy) is 1. The Labute approximate surface area is 175 Å². The summed E-state index contributed by atoms with van der Waals surface area (Å²) < 4.78 is 37.5. The van der Waals surface area contributed by atoms with Crippen molar-refractivity contribution in [3.63, 3.8) is 0 Å². The average molecular weight is 445 g/mol. The summed E-state index contributed by atoms with van der Waals surface area (Å²) in [6, 6.07) is 3.89. The third-order valence-electron chi connectivity index (χ3n) is 3.52. The average Bonchev–Trinajstić information content (AvgIpc) is 3.06. The first-order chi connectivity index (χ1) is 13.4. The second-order valence-electron chi connectivity index (χ2n) is 7.74. The lowest BCUT2D eigenvalue weighted by molar-refractivity contribution is -0.149. The molecule has 0 fully saturated rings. The van der Waals surface area contributed by atoms with Crippen LogP contribution in [0.15, 0.2) is 32.1 Å². The van der Waals surface area contributed by atoms with Gasteiger partial charge in [-0.15, -0.1) is 0 Å². The molecule has 2 rings (SSSR count). The van der Waals surface area contributed by atoms with Gasteiger partial charge in [0.1, 0.15) is 22.8 Å². The van der Waals surface area contributed by atoms with Crippen molar-refractivity contribution in [1.82, 2.24) is 9.62 Å². The van der Waals surface area contributed by atoms with Crippen molar-refractivity contribution in [2.24, 2.45) is 10.7 Å². The third kappa shape index (κ3) is 6.79. The lowest BCUT2D eigenvalue weighted by atomic mass is 10.2. The highest BCUT2D eigenvalue weighted by Crippen LogP contribution is 2.21. The van der Waals surface area contributed by atoms with Gasteiger partial charge in [0, 0.05) is 5.75 Å². The first-order valence-corrected chi connectivity index (χ1v) is 11.6. The van der Waals surface area contributed by atoms with E-state index in [-0.39, 0.29) is 11.5 Å². The summed E-state index contributed by atoms with van der Waals surface area (Å²) in [4.78, 5) is 17.8. The van der Waals surface area contributed by atoms with Crippen LogP contribution in [0.2, 0.25) is 0 Å². The van der Waals surface area contributed by atoms with E-state index in [9.17, 15) is 13.2 Å². The Morgan fingerprint density at radius 2 is 1.97 bits per heavy atom. The molecule has 29 heavy (non-hydrogen) atoms. The Kier molecular flexibility index (Phi) is 7.41. The van der Waals surface area contributed by atoms with E-state index < -0.39 is 26.5 Å². The lowest BCUT2D eigenvalue weighted by Crippen LogP contribution is -2.29. The van der Waals surface area contributed by atoms with Gasteiger partial charge in [-0.25, -0.2) is 13.2 Å². The van der Waals surface area contributed by atoms with Gasteiger partial charge in [0.25, 0.3) is 10.0 Å². The van der Waals surface area contributed by atoms with Crippen LogP contribution in [-0.4, -0.2) is 57.1 Å². The van der Waals surface area contributed by atoms with E-state index in [4.69, 9.17) is 14.9 Å². The summed E-state index contributed by atoms with van der Waals surface area (Å²) in [5.41, 5.74) is 4.79. The highest BCUT2D eigenvalue weighted by molar-refractivity contribution is 7.98. The van der Waals surface area contributed by atoms with Crippen molar-refractivity contribution in [2.75, 3.05) is 26.4 Å². The van der Waals surface area contributed by atoms with Crippen LogP contribution in [0.5, 0.6) is 0 Å². The van der Waals surface area contributed by atoms with Gasteiger partial charge in [0.15, 0.2) is 10.7 Å². The normalized spacial score (nSPS) is 17.8. The van der Waals surface area contributed by atoms with Gasteiger partial charge in [-0.1, -0.05) is 0 Å². The van der Waals surface area contributed by atoms with E-state index in [0.717, 1.165) is 18.1 Å². The number of thioether (sulfide) groups is 1. The number of amidine groups is 1. The molecular formula is C18H28N4O5S2. The van der Waals surface area contributed by atoms with Crippen molar-refractivity contribution < 1.29 is 22.4 Å². The lowest BCUT2D eigenvalue weighted by Gasteiger charge is -2.19. The molecule has 11 heteroatoms. The van der Waals surface area contributed by atoms with Gasteiger partial charge >= 0.3 is 5.97 Å². The molecular weight excluding hydrogens is 416 g/mol. The number of hydrogen-bond donors (Lipinski definition) is 2. The summed E-state index contributed by atoms with van der Waals surface area (Å²) in [5.74, 6) is 2.06. The molecule has 0 radical (unpaired) electrons. The molecule has 0 saturated heterocycles. The summed E-state index contributed by atoms with van der Waals surface area (Å²) in [6.07, 6.45) is 0. The molecule has 0 aliphatic carbocycles. The number of sulfonamides is 1. The molecule has 3 N–H and O–H groups in total. The van der Waals surface area contributed by atoms with E-state index in [2.05, 4.69) is 9.71 Å². The van der Waals surface area contributed by atoms with Crippen LogP contribution in [0.4, 0.5) is 0 Å². The molecule has 0 aromatic carbocycles. The van der Waals surface area contributed by atoms with Crippen LogP contribution in [0.3, 0.4) is 0 Å². The molecule has 0 atom stereocenters. The molecule has 162 valence electrons. The Balaban J connectivity index is 1.92. The summed E-state index contributed by atoms with van der Waals surface area (Å²) in [7, 11) is -0.129. The fourth-order valence-electron chi connectivity index (χ4n) is 2.44. The van der Waals surface area contributed by atoms with Gasteiger partial charge in [0.2, 0.25) is 0 Å². The third-order valence-corrected chi connectivity index (χ3v) is 5.87. The van der Waals surface area contributed by atoms with Crippen molar-refractivity contribution in [3.8, 4) is 0 Å². The van der Waals surface area contributed by atoms with Crippen molar-refractivity contribution >= 4 is 33.6 Å². The number of nitrogens with two attached hydrogens (primary N) is 1. The summed E-state index contributed by atoms with van der Waals surface area (Å²) in [6.45, 7) is 6.00. The number of rotatable bonds is 8. The van der Waals surface area contributed by atoms with Crippen LogP contribution < -0.4 is 10.5 Å². The van der Waals surface area contributed by atoms with Crippen LogP contribution in [0.1, 0.15) is 32.3 Å². The quantitative estimate of drug-likeness (QED) is 0.455. The van der Waals surface area contributed by atoms with Gasteiger partial charge in [-0.05, 0) is 47.0 Å². The maximum Gasteiger partial charge on any atom is 0.354 e. The van der Waals surface area contributed by atoms with Crippen molar-refractivity contribution in [2.45, 2.75) is 38.7 Å². The predicted molar refractivity (Wildman–Crippen MR) is 114 cm³/mol. The zero-order chi connectivity index (χ0) is 21.8. The van der Waals surface area contributed by atoms with E-state index in [0.29, 0.717) is 18.1 Å². The smallest absolute Gasteiger partial charge is 0.354 e. The molecule has 0 bridgehead atoms. The highest BCUT2D eigenvalue weighted by Gasteiger charge is 2.40. The topological polar surface area (TPSA) is 127 Å². The number of nitrogens with one attached hydrogen (secondary N) is 1. The molecule has 1 aliphatic heterocycles. The number of hydrogen-bond acceptors (Lipinski definition) is 9. The SMILES string of the molecule is CN(C)Cc1ccc(CSCCN=C2NS(=O)(=O)C(C(=O)OC(C)(C)C)=C2N)o1. The van der Waals surface area contributed by atoms with Crippen LogP contribution in [0.25, 0.3) is 0 Å². The van der Waals surface area contributed by atoms with E-state index in [1.165, 1.54) is 0 Å². The molecule has 1 aliphatic rings. The van der Waals surface area contributed by atoms with Crippen molar-refractivity contribution in [3.05, 3.63) is 34.3 Å². The second kappa shape index (κ2) is 9.23. The molecule has 0 amide bonds. The second-order valence-corrected chi connectivity index (χ2v) is 10.5. The molecule has 0 saturated carbocycles. The number of furan rings is 1. The minimum Gasteiger partial charge on any atom is -0.464 e. The first-order valence-electron chi connectivity index (χ1n) is 9.00. The molecule has 0 spiro atoms. The minimum atomic E-state index is -4.08. The number of aliphatic imine (C=N–C) groups is 1. The highest BCUT2D eigenvalue weighted by atomic mass is 32.2. The number of carbonyl (C=O) groups is 1. The zero-order valence-electron chi connectivity index (χ0n) is 17.3. The van der Waals surface area contributed by atoms with E-state index >= 15 is 0 Å². The fraction of sp³-hybridized carbons (Fsp3) is 0.556. The Morgan fingerprint density at radius 3 is 2.59 bits per heavy atom. The van der Waals surface area contributed by atoms with Gasteiger partial charge < -0.3 is 19.8 Å². The molecule has 2 heterocycles. The Morgan fingerprint density at radius 1 is 1.31 bits per heavy atom. The van der Waals surface area contributed by atoms with Gasteiger partial charge in [-0.3, -0.25) is 9.71 Å². The predicted octanol–water partition coefficient (Wildman–Crippen LogP) is 1.42. The first kappa shape index (κ1) is 23.3. The Bertz CT molecular complexity index is 911. The van der Waals surface area contributed by atoms with Crippen molar-refractivity contribution in [1.29, 1.82) is 0 Å². The fourth-order valence-corrected chi connectivity index (χ4v) is 4.34. The van der Waals surface area contributed by atoms with Gasteiger partial charge in [0.05, 0.1) is 18.8 Å². The maximum atomic E-state index is 12.2. The molecule has 0 unspecified atom stereocenters. The number of nitrogens with zero attached hydrogens (tertiary/aromatic N) is 2. The largest absolute Gasteiger partial charge is 0.464 e. The zero-order valence-corrected chi connectivity index (χ0v) is 18.9. The summed E-state index contributed by atoms with van der Waals surface area (Å²) in [5, 5.41) is 0. The van der Waals surface area contributed by atoms with E-state index in [1.807, 2.05) is 31.1 Å². The monoisotopic (exact) mass is 444 g/mol. The Hall–Kier alpha value is -1.98. The van der Waals surface area contributed by atoms with Crippen LogP contribution in [-0.2, 0) is 31.9 Å². The molecule has 1 aromatic rings. The minimum absolute atomic E-state index is 0.0299. The number of carbonyl (C=O) groups excluding carboxylic acids is 1. The van der Waals surface area contributed by atoms with Crippen LogP contribution in [0, 0.1) is 0 Å². The standard InChI is InChI=1S/C18H28N4O5S2/c1-18(2,3)27-17(23)15-14(19)16(21-29(15,24)25)20-8-9-28-11-13-7-6-12(26-13)10-22(4)5/h6-7H,8-11,19H2,1-5H3,(H,20,21). The van der Waals surface area contributed by atoms with Crippen LogP contribution >= 0.6 is 11.8 Å². The number of esters is 1. The molecule has 9 nitrogen and oxygen atoms in total. The van der Waals surface area contributed by atoms with Gasteiger partial charge in [-0.2, -0.15) is 11.8 Å². The molecule has 1 aromatic heterocycles. The van der Waals surface area contributed by atoms with E-state index in [1.54, 1.807) is 32.5 Å².